The van der Waals surface area contributed by atoms with E-state index in [0.29, 0.717) is 12.3 Å². The molecule has 0 amide bonds. The van der Waals surface area contributed by atoms with Crippen LogP contribution in [0.4, 0.5) is 0 Å². The molecule has 0 aromatic carbocycles. The molecular weight excluding hydrogens is 209 g/mol. The summed E-state index contributed by atoms with van der Waals surface area (Å²) in [7, 11) is 0. The topological polar surface area (TPSA) is 30.7 Å². The van der Waals surface area contributed by atoms with E-state index >= 15 is 0 Å². The minimum Gasteiger partial charge on any atom is -0.257 e. The van der Waals surface area contributed by atoms with Gasteiger partial charge >= 0.3 is 0 Å². The van der Waals surface area contributed by atoms with E-state index in [9.17, 15) is 0 Å². The van der Waals surface area contributed by atoms with Crippen LogP contribution in [0.25, 0.3) is 11.4 Å². The lowest BCUT2D eigenvalue weighted by Crippen LogP contribution is -1.95. The Bertz CT molecular complexity index is 385. The lowest BCUT2D eigenvalue weighted by molar-refractivity contribution is 0.982. The molecule has 3 nitrogen and oxygen atoms in total. The smallest absolute Gasteiger partial charge is 0.113 e. The standard InChI is InChI=1S/C8H7Cl2N3/c9-4-3-7-8-6(11-12-7)2-1-5-13(8)10/h1-2,5H,3-4H2. The third-order valence-corrected chi connectivity index (χ3v) is 2.28. The molecule has 0 spiro atoms. The quantitative estimate of drug-likeness (QED) is 0.720. The van der Waals surface area contributed by atoms with Crippen molar-refractivity contribution in [1.29, 1.82) is 0 Å². The first kappa shape index (κ1) is 8.78. The van der Waals surface area contributed by atoms with Gasteiger partial charge in [0.15, 0.2) is 0 Å². The molecule has 0 saturated heterocycles. The molecule has 2 aliphatic rings. The molecule has 0 aromatic heterocycles. The SMILES string of the molecule is ClCCc1nnc2cccn(Cl)c1-2. The zero-order chi connectivity index (χ0) is 9.26. The van der Waals surface area contributed by atoms with Gasteiger partial charge < -0.3 is 0 Å². The molecule has 0 aliphatic carbocycles. The number of aryl methyl sites for hydroxylation is 1. The van der Waals surface area contributed by atoms with E-state index < -0.39 is 0 Å². The summed E-state index contributed by atoms with van der Waals surface area (Å²) in [6.45, 7) is 0. The number of pyridine rings is 1. The van der Waals surface area contributed by atoms with Gasteiger partial charge in [-0.1, -0.05) is 0 Å². The first-order valence-corrected chi connectivity index (χ1v) is 4.75. The summed E-state index contributed by atoms with van der Waals surface area (Å²) in [6, 6.07) is 3.70. The highest BCUT2D eigenvalue weighted by Crippen LogP contribution is 2.23. The van der Waals surface area contributed by atoms with E-state index in [1.807, 2.05) is 12.1 Å². The summed E-state index contributed by atoms with van der Waals surface area (Å²) in [5.41, 5.74) is 2.50. The molecule has 0 N–H and O–H groups in total. The number of halogens is 2. The average Bonchev–Trinajstić information content (AvgIpc) is 2.51. The van der Waals surface area contributed by atoms with Crippen LogP contribution in [-0.4, -0.2) is 20.2 Å². The zero-order valence-corrected chi connectivity index (χ0v) is 8.26. The fourth-order valence-electron chi connectivity index (χ4n) is 1.24. The molecule has 0 unspecified atom stereocenters. The van der Waals surface area contributed by atoms with Crippen molar-refractivity contribution in [3.63, 3.8) is 0 Å². The summed E-state index contributed by atoms with van der Waals surface area (Å²) in [6.07, 6.45) is 2.44. The summed E-state index contributed by atoms with van der Waals surface area (Å²) in [5, 5.41) is 7.99. The van der Waals surface area contributed by atoms with Crippen LogP contribution in [0.5, 0.6) is 0 Å². The monoisotopic (exact) mass is 215 g/mol. The average molecular weight is 216 g/mol. The molecule has 68 valence electrons. The number of hydrogen-bond donors (Lipinski definition) is 0. The van der Waals surface area contributed by atoms with Crippen molar-refractivity contribution in [1.82, 2.24) is 14.3 Å². The van der Waals surface area contributed by atoms with Crippen molar-refractivity contribution in [3.8, 4) is 11.4 Å². The molecule has 0 atom stereocenters. The fourth-order valence-corrected chi connectivity index (χ4v) is 1.67. The largest absolute Gasteiger partial charge is 0.257 e. The van der Waals surface area contributed by atoms with Crippen LogP contribution in [0.2, 0.25) is 0 Å². The molecule has 2 rings (SSSR count). The van der Waals surface area contributed by atoms with E-state index in [-0.39, 0.29) is 0 Å². The number of alkyl halides is 1. The molecule has 0 radical (unpaired) electrons. The van der Waals surface area contributed by atoms with E-state index in [0.717, 1.165) is 17.1 Å². The second-order valence-corrected chi connectivity index (χ2v) is 3.38. The van der Waals surface area contributed by atoms with Crippen LogP contribution in [0.3, 0.4) is 0 Å². The van der Waals surface area contributed by atoms with Gasteiger partial charge in [-0.3, -0.25) is 4.09 Å². The molecule has 2 aliphatic heterocycles. The molecule has 2 heterocycles. The molecule has 5 heteroatoms. The van der Waals surface area contributed by atoms with E-state index in [4.69, 9.17) is 23.4 Å². The van der Waals surface area contributed by atoms with Gasteiger partial charge in [-0.15, -0.1) is 16.7 Å². The maximum atomic E-state index is 5.93. The Labute approximate surface area is 85.7 Å². The first-order chi connectivity index (χ1) is 6.33. The normalized spacial score (nSPS) is 10.9. The third kappa shape index (κ3) is 1.49. The molecule has 0 fully saturated rings. The lowest BCUT2D eigenvalue weighted by Gasteiger charge is -2.03. The van der Waals surface area contributed by atoms with Crippen molar-refractivity contribution in [2.45, 2.75) is 6.42 Å². The Hall–Kier alpha value is -0.800. The van der Waals surface area contributed by atoms with E-state index in [2.05, 4.69) is 10.2 Å². The maximum absolute atomic E-state index is 5.93. The van der Waals surface area contributed by atoms with Crippen LogP contribution >= 0.6 is 23.4 Å². The fraction of sp³-hybridized carbons (Fsp3) is 0.250. The van der Waals surface area contributed by atoms with E-state index in [1.165, 1.54) is 4.09 Å². The van der Waals surface area contributed by atoms with Gasteiger partial charge in [0.05, 0.1) is 5.69 Å². The predicted molar refractivity (Wildman–Crippen MR) is 52.3 cm³/mol. The highest BCUT2D eigenvalue weighted by atomic mass is 35.5. The summed E-state index contributed by atoms with van der Waals surface area (Å²) < 4.78 is 1.50. The van der Waals surface area contributed by atoms with Gasteiger partial charge in [0.2, 0.25) is 0 Å². The number of fused-ring (bicyclic) bond motifs is 1. The Morgan fingerprint density at radius 2 is 2.23 bits per heavy atom. The van der Waals surface area contributed by atoms with Crippen LogP contribution in [0.1, 0.15) is 5.69 Å². The second kappa shape index (κ2) is 3.52. The number of aromatic nitrogens is 3. The highest BCUT2D eigenvalue weighted by Gasteiger charge is 2.14. The Morgan fingerprint density at radius 3 is 3.00 bits per heavy atom. The van der Waals surface area contributed by atoms with Gasteiger partial charge in [-0.05, 0) is 12.1 Å². The minimum atomic E-state index is 0.527. The van der Waals surface area contributed by atoms with Crippen molar-refractivity contribution in [3.05, 3.63) is 24.0 Å². The molecule has 13 heavy (non-hydrogen) atoms. The molecule has 0 bridgehead atoms. The summed E-state index contributed by atoms with van der Waals surface area (Å²) in [4.78, 5) is 0. The number of hydrogen-bond acceptors (Lipinski definition) is 2. The Morgan fingerprint density at radius 1 is 1.38 bits per heavy atom. The molecular formula is C8H7Cl2N3. The summed E-state index contributed by atoms with van der Waals surface area (Å²) in [5.74, 6) is 0.527. The van der Waals surface area contributed by atoms with Crippen LogP contribution < -0.4 is 0 Å². The van der Waals surface area contributed by atoms with Crippen LogP contribution in [0.15, 0.2) is 18.3 Å². The van der Waals surface area contributed by atoms with Crippen molar-refractivity contribution < 1.29 is 0 Å². The molecule has 0 saturated carbocycles. The van der Waals surface area contributed by atoms with Gasteiger partial charge in [-0.2, -0.15) is 5.10 Å². The van der Waals surface area contributed by atoms with Gasteiger partial charge in [-0.25, -0.2) is 0 Å². The minimum absolute atomic E-state index is 0.527. The molecule has 0 aromatic rings. The van der Waals surface area contributed by atoms with Crippen molar-refractivity contribution in [2.24, 2.45) is 0 Å². The predicted octanol–water partition coefficient (Wildman–Crippen LogP) is 2.17. The Kier molecular flexibility index (Phi) is 2.38. The maximum Gasteiger partial charge on any atom is 0.113 e. The highest BCUT2D eigenvalue weighted by molar-refractivity contribution is 6.18. The van der Waals surface area contributed by atoms with Gasteiger partial charge in [0, 0.05) is 30.3 Å². The second-order valence-electron chi connectivity index (χ2n) is 2.64. The number of nitrogens with zero attached hydrogens (tertiary/aromatic N) is 3. The lowest BCUT2D eigenvalue weighted by atomic mass is 10.2. The van der Waals surface area contributed by atoms with Crippen molar-refractivity contribution >= 4 is 23.4 Å². The number of rotatable bonds is 2. The van der Waals surface area contributed by atoms with Gasteiger partial charge in [0.1, 0.15) is 11.4 Å². The summed E-state index contributed by atoms with van der Waals surface area (Å²) >= 11 is 11.6. The van der Waals surface area contributed by atoms with Crippen LogP contribution in [-0.2, 0) is 6.42 Å². The van der Waals surface area contributed by atoms with Crippen molar-refractivity contribution in [2.75, 3.05) is 5.88 Å². The zero-order valence-electron chi connectivity index (χ0n) is 6.74. The Balaban J connectivity index is 2.55. The van der Waals surface area contributed by atoms with Gasteiger partial charge in [0.25, 0.3) is 0 Å². The third-order valence-electron chi connectivity index (χ3n) is 1.81. The van der Waals surface area contributed by atoms with E-state index in [1.54, 1.807) is 6.20 Å². The first-order valence-electron chi connectivity index (χ1n) is 3.87. The van der Waals surface area contributed by atoms with Crippen LogP contribution in [0, 0.1) is 0 Å².